The van der Waals surface area contributed by atoms with Crippen LogP contribution in [0.1, 0.15) is 5.69 Å². The standard InChI is InChI=1S/C15H20N4/c1-18-14(12-19-9-7-16-8-10-19)11-15(17-18)13-5-3-2-4-6-13/h2-6,11,16H,7-10,12H2,1H3. The van der Waals surface area contributed by atoms with Gasteiger partial charge in [-0.25, -0.2) is 0 Å². The van der Waals surface area contributed by atoms with Crippen molar-refractivity contribution in [3.63, 3.8) is 0 Å². The first kappa shape index (κ1) is 12.4. The fourth-order valence-corrected chi connectivity index (χ4v) is 2.50. The number of nitrogens with one attached hydrogen (secondary N) is 1. The lowest BCUT2D eigenvalue weighted by Crippen LogP contribution is -2.43. The molecule has 0 saturated carbocycles. The highest BCUT2D eigenvalue weighted by atomic mass is 15.3. The Labute approximate surface area is 114 Å². The molecule has 1 saturated heterocycles. The number of benzene rings is 1. The van der Waals surface area contributed by atoms with Gasteiger partial charge in [0.1, 0.15) is 0 Å². The van der Waals surface area contributed by atoms with E-state index in [1.165, 1.54) is 11.3 Å². The zero-order valence-electron chi connectivity index (χ0n) is 11.3. The van der Waals surface area contributed by atoms with Crippen molar-refractivity contribution in [3.05, 3.63) is 42.1 Å². The van der Waals surface area contributed by atoms with E-state index in [1.54, 1.807) is 0 Å². The number of hydrogen-bond donors (Lipinski definition) is 1. The van der Waals surface area contributed by atoms with Gasteiger partial charge < -0.3 is 5.32 Å². The van der Waals surface area contributed by atoms with Crippen LogP contribution in [0.2, 0.25) is 0 Å². The van der Waals surface area contributed by atoms with E-state index in [-0.39, 0.29) is 0 Å². The van der Waals surface area contributed by atoms with Crippen LogP contribution in [0.3, 0.4) is 0 Å². The maximum atomic E-state index is 4.62. The number of piperazine rings is 1. The Hall–Kier alpha value is -1.65. The maximum Gasteiger partial charge on any atom is 0.0926 e. The second kappa shape index (κ2) is 5.55. The van der Waals surface area contributed by atoms with Gasteiger partial charge in [-0.15, -0.1) is 0 Å². The van der Waals surface area contributed by atoms with E-state index in [0.717, 1.165) is 38.4 Å². The number of rotatable bonds is 3. The molecule has 0 bridgehead atoms. The fraction of sp³-hybridized carbons (Fsp3) is 0.400. The number of hydrogen-bond acceptors (Lipinski definition) is 3. The molecule has 4 nitrogen and oxygen atoms in total. The minimum atomic E-state index is 0.984. The maximum absolute atomic E-state index is 4.62. The number of aromatic nitrogens is 2. The first-order valence-electron chi connectivity index (χ1n) is 6.84. The van der Waals surface area contributed by atoms with Gasteiger partial charge in [0.25, 0.3) is 0 Å². The molecule has 100 valence electrons. The van der Waals surface area contributed by atoms with Crippen LogP contribution in [0.25, 0.3) is 11.3 Å². The van der Waals surface area contributed by atoms with E-state index >= 15 is 0 Å². The minimum Gasteiger partial charge on any atom is -0.314 e. The summed E-state index contributed by atoms with van der Waals surface area (Å²) in [5.74, 6) is 0. The van der Waals surface area contributed by atoms with E-state index in [4.69, 9.17) is 0 Å². The Kier molecular flexibility index (Phi) is 3.62. The third-order valence-corrected chi connectivity index (χ3v) is 3.64. The predicted octanol–water partition coefficient (Wildman–Crippen LogP) is 1.49. The second-order valence-corrected chi connectivity index (χ2v) is 5.04. The Morgan fingerprint density at radius 2 is 1.89 bits per heavy atom. The van der Waals surface area contributed by atoms with Gasteiger partial charge >= 0.3 is 0 Å². The van der Waals surface area contributed by atoms with Crippen molar-refractivity contribution in [2.75, 3.05) is 26.2 Å². The summed E-state index contributed by atoms with van der Waals surface area (Å²) < 4.78 is 2.00. The Morgan fingerprint density at radius 3 is 2.63 bits per heavy atom. The average Bonchev–Trinajstić information content (AvgIpc) is 2.82. The minimum absolute atomic E-state index is 0.984. The number of nitrogens with zero attached hydrogens (tertiary/aromatic N) is 3. The monoisotopic (exact) mass is 256 g/mol. The van der Waals surface area contributed by atoms with Crippen molar-refractivity contribution in [1.82, 2.24) is 20.0 Å². The van der Waals surface area contributed by atoms with E-state index in [2.05, 4.69) is 45.6 Å². The quantitative estimate of drug-likeness (QED) is 0.903. The lowest BCUT2D eigenvalue weighted by Gasteiger charge is -2.26. The van der Waals surface area contributed by atoms with Crippen LogP contribution >= 0.6 is 0 Å². The molecular formula is C15H20N4. The lowest BCUT2D eigenvalue weighted by atomic mass is 10.1. The van der Waals surface area contributed by atoms with Crippen LogP contribution in [-0.2, 0) is 13.6 Å². The van der Waals surface area contributed by atoms with Crippen molar-refractivity contribution in [3.8, 4) is 11.3 Å². The molecule has 1 aliphatic heterocycles. The summed E-state index contributed by atoms with van der Waals surface area (Å²) in [6.45, 7) is 5.39. The molecule has 1 fully saturated rings. The van der Waals surface area contributed by atoms with Gasteiger partial charge in [-0.1, -0.05) is 30.3 Å². The summed E-state index contributed by atoms with van der Waals surface area (Å²) in [6.07, 6.45) is 0. The summed E-state index contributed by atoms with van der Waals surface area (Å²) in [5.41, 5.74) is 3.53. The predicted molar refractivity (Wildman–Crippen MR) is 76.8 cm³/mol. The number of aryl methyl sites for hydroxylation is 1. The van der Waals surface area contributed by atoms with E-state index in [1.807, 2.05) is 17.8 Å². The van der Waals surface area contributed by atoms with Crippen LogP contribution in [-0.4, -0.2) is 40.9 Å². The largest absolute Gasteiger partial charge is 0.314 e. The Balaban J connectivity index is 1.77. The van der Waals surface area contributed by atoms with E-state index in [0.29, 0.717) is 0 Å². The third-order valence-electron chi connectivity index (χ3n) is 3.64. The van der Waals surface area contributed by atoms with E-state index in [9.17, 15) is 0 Å². The first-order valence-corrected chi connectivity index (χ1v) is 6.84. The van der Waals surface area contributed by atoms with Crippen LogP contribution < -0.4 is 5.32 Å². The molecule has 0 radical (unpaired) electrons. The molecule has 1 aromatic heterocycles. The van der Waals surface area contributed by atoms with Gasteiger partial charge in [0.15, 0.2) is 0 Å². The van der Waals surface area contributed by atoms with Gasteiger partial charge in [-0.2, -0.15) is 5.10 Å². The molecule has 19 heavy (non-hydrogen) atoms. The summed E-state index contributed by atoms with van der Waals surface area (Å²) >= 11 is 0. The van der Waals surface area contributed by atoms with Crippen LogP contribution in [0, 0.1) is 0 Å². The molecule has 2 heterocycles. The topological polar surface area (TPSA) is 33.1 Å². The molecule has 1 aromatic carbocycles. The molecule has 1 N–H and O–H groups in total. The third kappa shape index (κ3) is 2.85. The lowest BCUT2D eigenvalue weighted by molar-refractivity contribution is 0.228. The molecule has 0 atom stereocenters. The van der Waals surface area contributed by atoms with Crippen molar-refractivity contribution in [2.45, 2.75) is 6.54 Å². The fourth-order valence-electron chi connectivity index (χ4n) is 2.50. The SMILES string of the molecule is Cn1nc(-c2ccccc2)cc1CN1CCNCC1. The molecule has 0 spiro atoms. The summed E-state index contributed by atoms with van der Waals surface area (Å²) in [6, 6.07) is 12.6. The molecule has 0 unspecified atom stereocenters. The van der Waals surface area contributed by atoms with Gasteiger partial charge in [0.2, 0.25) is 0 Å². The molecule has 3 rings (SSSR count). The average molecular weight is 256 g/mol. The second-order valence-electron chi connectivity index (χ2n) is 5.04. The molecule has 4 heteroatoms. The van der Waals surface area contributed by atoms with Crippen molar-refractivity contribution >= 4 is 0 Å². The normalized spacial score (nSPS) is 16.7. The highest BCUT2D eigenvalue weighted by Crippen LogP contribution is 2.19. The highest BCUT2D eigenvalue weighted by Gasteiger charge is 2.13. The van der Waals surface area contributed by atoms with Crippen molar-refractivity contribution in [1.29, 1.82) is 0 Å². The zero-order chi connectivity index (χ0) is 13.1. The van der Waals surface area contributed by atoms with Gasteiger partial charge in [-0.05, 0) is 6.07 Å². The van der Waals surface area contributed by atoms with Gasteiger partial charge in [0.05, 0.1) is 11.4 Å². The van der Waals surface area contributed by atoms with Crippen molar-refractivity contribution in [2.24, 2.45) is 7.05 Å². The Morgan fingerprint density at radius 1 is 1.16 bits per heavy atom. The van der Waals surface area contributed by atoms with Crippen LogP contribution in [0.4, 0.5) is 0 Å². The molecule has 1 aliphatic rings. The van der Waals surface area contributed by atoms with E-state index < -0.39 is 0 Å². The smallest absolute Gasteiger partial charge is 0.0926 e. The molecule has 0 aliphatic carbocycles. The zero-order valence-corrected chi connectivity index (χ0v) is 11.3. The van der Waals surface area contributed by atoms with Gasteiger partial charge in [0, 0.05) is 45.3 Å². The van der Waals surface area contributed by atoms with Crippen LogP contribution in [0.15, 0.2) is 36.4 Å². The van der Waals surface area contributed by atoms with Crippen molar-refractivity contribution < 1.29 is 0 Å². The summed E-state index contributed by atoms with van der Waals surface area (Å²) in [5, 5.41) is 8.00. The highest BCUT2D eigenvalue weighted by molar-refractivity contribution is 5.59. The molecule has 2 aromatic rings. The Bertz CT molecular complexity index is 526. The first-order chi connectivity index (χ1) is 9.33. The van der Waals surface area contributed by atoms with Gasteiger partial charge in [-0.3, -0.25) is 9.58 Å². The van der Waals surface area contributed by atoms with Crippen LogP contribution in [0.5, 0.6) is 0 Å². The molecular weight excluding hydrogens is 236 g/mol. The summed E-state index contributed by atoms with van der Waals surface area (Å²) in [7, 11) is 2.03. The molecule has 0 amide bonds. The summed E-state index contributed by atoms with van der Waals surface area (Å²) in [4.78, 5) is 2.47.